The molecule has 0 radical (unpaired) electrons. The molecule has 0 saturated carbocycles. The molecule has 2 aromatic rings. The molecule has 2 aliphatic rings. The Morgan fingerprint density at radius 2 is 1.78 bits per heavy atom. The van der Waals surface area contributed by atoms with Gasteiger partial charge in [0.15, 0.2) is 0 Å². The number of halogens is 1. The van der Waals surface area contributed by atoms with Crippen molar-refractivity contribution >= 4 is 51.2 Å². The molecule has 4 rings (SSSR count). The fourth-order valence-corrected chi connectivity index (χ4v) is 5.07. The lowest BCUT2D eigenvalue weighted by Gasteiger charge is -2.45. The summed E-state index contributed by atoms with van der Waals surface area (Å²) >= 11 is 3.39. The summed E-state index contributed by atoms with van der Waals surface area (Å²) in [5, 5.41) is 2.30. The minimum atomic E-state index is -0.745. The first-order chi connectivity index (χ1) is 15.0. The number of nitrogens with zero attached hydrogens (tertiary/aromatic N) is 2. The highest BCUT2D eigenvalue weighted by Crippen LogP contribution is 2.42. The molecule has 0 bridgehead atoms. The van der Waals surface area contributed by atoms with Crippen LogP contribution in [0.5, 0.6) is 0 Å². The minimum Gasteiger partial charge on any atom is -0.369 e. The zero-order valence-electron chi connectivity index (χ0n) is 18.8. The summed E-state index contributed by atoms with van der Waals surface area (Å²) in [5.74, 6) is -0.975. The molecule has 0 aromatic heterocycles. The standard InChI is InChI=1S/C25H26BrN3O3/c1-14-10-17(26)7-9-20(14)29-23(31)19(22(30)27-24(29)32)12-16-6-8-21-18(11-16)15(2)13-25(3,4)28(21)5/h6-12,15H,13H2,1-5H3,(H,27,30,32)/b19-12+/t15-/m0/s1. The quantitative estimate of drug-likeness (QED) is 0.462. The second-order valence-corrected chi connectivity index (χ2v) is 10.1. The molecule has 4 amide bonds. The van der Waals surface area contributed by atoms with Crippen molar-refractivity contribution in [3.05, 3.63) is 63.1 Å². The van der Waals surface area contributed by atoms with Crippen molar-refractivity contribution in [3.63, 3.8) is 0 Å². The SMILES string of the molecule is Cc1cc(Br)ccc1N1C(=O)NC(=O)/C(=C\c2ccc3c(c2)[C@@H](C)CC(C)(C)N3C)C1=O. The van der Waals surface area contributed by atoms with E-state index in [-0.39, 0.29) is 11.1 Å². The topological polar surface area (TPSA) is 69.7 Å². The Hall–Kier alpha value is -2.93. The summed E-state index contributed by atoms with van der Waals surface area (Å²) in [5.41, 5.74) is 4.25. The van der Waals surface area contributed by atoms with E-state index in [9.17, 15) is 14.4 Å². The average molecular weight is 496 g/mol. The number of anilines is 2. The first-order valence-electron chi connectivity index (χ1n) is 10.5. The van der Waals surface area contributed by atoms with E-state index >= 15 is 0 Å². The number of aryl methyl sites for hydroxylation is 1. The number of fused-ring (bicyclic) bond motifs is 1. The third-order valence-corrected chi connectivity index (χ3v) is 6.96. The highest BCUT2D eigenvalue weighted by molar-refractivity contribution is 9.10. The Kier molecular flexibility index (Phi) is 5.49. The molecule has 1 fully saturated rings. The number of hydrogen-bond donors (Lipinski definition) is 1. The summed E-state index contributed by atoms with van der Waals surface area (Å²) in [6.45, 7) is 8.45. The van der Waals surface area contributed by atoms with E-state index in [1.54, 1.807) is 18.2 Å². The normalized spacial score (nSPS) is 21.6. The van der Waals surface area contributed by atoms with E-state index in [2.05, 4.69) is 54.0 Å². The number of carbonyl (C=O) groups excluding carboxylic acids is 3. The van der Waals surface area contributed by atoms with Gasteiger partial charge in [-0.05, 0) is 86.2 Å². The lowest BCUT2D eigenvalue weighted by atomic mass is 9.80. The minimum absolute atomic E-state index is 0.0506. The van der Waals surface area contributed by atoms with Crippen LogP contribution < -0.4 is 15.1 Å². The van der Waals surface area contributed by atoms with Crippen LogP contribution in [0, 0.1) is 6.92 Å². The van der Waals surface area contributed by atoms with Gasteiger partial charge in [0.05, 0.1) is 5.69 Å². The maximum atomic E-state index is 13.2. The van der Waals surface area contributed by atoms with Crippen LogP contribution in [0.4, 0.5) is 16.2 Å². The third-order valence-electron chi connectivity index (χ3n) is 6.47. The molecule has 1 N–H and O–H groups in total. The molecule has 0 aliphatic carbocycles. The predicted octanol–water partition coefficient (Wildman–Crippen LogP) is 5.15. The lowest BCUT2D eigenvalue weighted by Crippen LogP contribution is -2.54. The van der Waals surface area contributed by atoms with Gasteiger partial charge in [0, 0.05) is 22.7 Å². The largest absolute Gasteiger partial charge is 0.369 e. The van der Waals surface area contributed by atoms with Crippen molar-refractivity contribution in [1.29, 1.82) is 0 Å². The third kappa shape index (κ3) is 3.75. The van der Waals surface area contributed by atoms with Crippen LogP contribution in [0.2, 0.25) is 0 Å². The molecule has 0 spiro atoms. The van der Waals surface area contributed by atoms with Gasteiger partial charge >= 0.3 is 6.03 Å². The number of benzene rings is 2. The van der Waals surface area contributed by atoms with Crippen molar-refractivity contribution in [2.45, 2.75) is 45.6 Å². The van der Waals surface area contributed by atoms with E-state index in [1.165, 1.54) is 5.56 Å². The Balaban J connectivity index is 1.74. The number of imide groups is 2. The van der Waals surface area contributed by atoms with Gasteiger partial charge in [-0.3, -0.25) is 14.9 Å². The Morgan fingerprint density at radius 3 is 2.47 bits per heavy atom. The van der Waals surface area contributed by atoms with Crippen molar-refractivity contribution in [2.75, 3.05) is 16.8 Å². The van der Waals surface area contributed by atoms with E-state index in [4.69, 9.17) is 0 Å². The number of carbonyl (C=O) groups is 3. The summed E-state index contributed by atoms with van der Waals surface area (Å²) in [6, 6.07) is 10.5. The fourth-order valence-electron chi connectivity index (χ4n) is 4.60. The molecule has 6 nitrogen and oxygen atoms in total. The van der Waals surface area contributed by atoms with Crippen LogP contribution in [0.25, 0.3) is 6.08 Å². The molecule has 1 atom stereocenters. The van der Waals surface area contributed by atoms with Crippen LogP contribution >= 0.6 is 15.9 Å². The maximum absolute atomic E-state index is 13.2. The Labute approximate surface area is 196 Å². The van der Waals surface area contributed by atoms with Gasteiger partial charge in [0.2, 0.25) is 0 Å². The number of nitrogens with one attached hydrogen (secondary N) is 1. The summed E-state index contributed by atoms with van der Waals surface area (Å²) in [6.07, 6.45) is 2.57. The van der Waals surface area contributed by atoms with Crippen LogP contribution in [-0.2, 0) is 9.59 Å². The Morgan fingerprint density at radius 1 is 1.09 bits per heavy atom. The van der Waals surface area contributed by atoms with Gasteiger partial charge in [0.1, 0.15) is 5.57 Å². The van der Waals surface area contributed by atoms with Crippen molar-refractivity contribution < 1.29 is 14.4 Å². The lowest BCUT2D eigenvalue weighted by molar-refractivity contribution is -0.122. The fraction of sp³-hybridized carbons (Fsp3) is 0.320. The van der Waals surface area contributed by atoms with E-state index in [0.717, 1.165) is 32.6 Å². The van der Waals surface area contributed by atoms with Gasteiger partial charge in [-0.15, -0.1) is 0 Å². The van der Waals surface area contributed by atoms with Crippen LogP contribution in [0.15, 0.2) is 46.4 Å². The second-order valence-electron chi connectivity index (χ2n) is 9.18. The first-order valence-corrected chi connectivity index (χ1v) is 11.3. The molecule has 32 heavy (non-hydrogen) atoms. The van der Waals surface area contributed by atoms with Gasteiger partial charge in [-0.1, -0.05) is 28.9 Å². The van der Waals surface area contributed by atoms with E-state index in [0.29, 0.717) is 11.6 Å². The molecule has 1 saturated heterocycles. The van der Waals surface area contributed by atoms with Gasteiger partial charge in [0.25, 0.3) is 11.8 Å². The monoisotopic (exact) mass is 495 g/mol. The zero-order chi connectivity index (χ0) is 23.4. The predicted molar refractivity (Wildman–Crippen MR) is 130 cm³/mol. The van der Waals surface area contributed by atoms with Gasteiger partial charge in [-0.25, -0.2) is 9.69 Å². The second kappa shape index (κ2) is 7.89. The summed E-state index contributed by atoms with van der Waals surface area (Å²) < 4.78 is 0.840. The molecular formula is C25H26BrN3O3. The van der Waals surface area contributed by atoms with E-state index in [1.807, 2.05) is 31.2 Å². The molecule has 2 aromatic carbocycles. The van der Waals surface area contributed by atoms with Gasteiger partial charge < -0.3 is 4.90 Å². The molecule has 166 valence electrons. The van der Waals surface area contributed by atoms with Crippen LogP contribution in [0.3, 0.4) is 0 Å². The van der Waals surface area contributed by atoms with Crippen molar-refractivity contribution in [2.24, 2.45) is 0 Å². The molecule has 2 aliphatic heterocycles. The molecular weight excluding hydrogens is 470 g/mol. The number of urea groups is 1. The van der Waals surface area contributed by atoms with Gasteiger partial charge in [-0.2, -0.15) is 0 Å². The molecule has 0 unspecified atom stereocenters. The van der Waals surface area contributed by atoms with Crippen LogP contribution in [-0.4, -0.2) is 30.4 Å². The molecule has 7 heteroatoms. The Bertz CT molecular complexity index is 1180. The van der Waals surface area contributed by atoms with Crippen molar-refractivity contribution in [1.82, 2.24) is 5.32 Å². The zero-order valence-corrected chi connectivity index (χ0v) is 20.4. The first kappa shape index (κ1) is 22.3. The van der Waals surface area contributed by atoms with Crippen molar-refractivity contribution in [3.8, 4) is 0 Å². The average Bonchev–Trinajstić information content (AvgIpc) is 2.70. The highest BCUT2D eigenvalue weighted by atomic mass is 79.9. The van der Waals surface area contributed by atoms with Crippen LogP contribution in [0.1, 0.15) is 49.8 Å². The van der Waals surface area contributed by atoms with E-state index < -0.39 is 17.8 Å². The molecule has 2 heterocycles. The number of barbiturate groups is 1. The summed E-state index contributed by atoms with van der Waals surface area (Å²) in [7, 11) is 2.09. The smallest absolute Gasteiger partial charge is 0.335 e. The number of rotatable bonds is 2. The number of hydrogen-bond acceptors (Lipinski definition) is 4. The highest BCUT2D eigenvalue weighted by Gasteiger charge is 2.38. The number of amides is 4. The summed E-state index contributed by atoms with van der Waals surface area (Å²) in [4.78, 5) is 41.6. The maximum Gasteiger partial charge on any atom is 0.335 e.